The van der Waals surface area contributed by atoms with Crippen LogP contribution in [0.4, 0.5) is 11.4 Å². The van der Waals surface area contributed by atoms with E-state index in [2.05, 4.69) is 26.6 Å². The highest BCUT2D eigenvalue weighted by atomic mass is 79.9. The Morgan fingerprint density at radius 3 is 2.32 bits per heavy atom. The van der Waals surface area contributed by atoms with Crippen molar-refractivity contribution in [2.45, 2.75) is 25.7 Å². The average molecular weight is 589 g/mol. The molecule has 0 unspecified atom stereocenters. The van der Waals surface area contributed by atoms with Crippen LogP contribution in [0, 0.1) is 12.8 Å². The Morgan fingerprint density at radius 2 is 1.70 bits per heavy atom. The lowest BCUT2D eigenvalue weighted by Gasteiger charge is -2.25. The first-order valence-corrected chi connectivity index (χ1v) is 13.9. The van der Waals surface area contributed by atoms with Crippen LogP contribution in [0.25, 0.3) is 0 Å². The fourth-order valence-corrected chi connectivity index (χ4v) is 5.60. The molecule has 0 spiro atoms. The Morgan fingerprint density at radius 1 is 1.03 bits per heavy atom. The standard InChI is InChI=1S/C27H30BrN3O5S/c1-18(2)16-29-27(33)22-7-5-6-8-24(22)30-26(32)17-31(20-11-9-19(3)10-12-20)37(34,35)21-13-14-25(36-4)23(28)15-21/h5-15,18H,16-17H2,1-4H3,(H,29,33)(H,30,32). The molecule has 10 heteroatoms. The van der Waals surface area contributed by atoms with Crippen molar-refractivity contribution in [2.75, 3.05) is 29.8 Å². The van der Waals surface area contributed by atoms with E-state index < -0.39 is 22.5 Å². The Labute approximate surface area is 226 Å². The number of nitrogens with one attached hydrogen (secondary N) is 2. The topological polar surface area (TPSA) is 105 Å². The molecule has 0 aliphatic carbocycles. The maximum Gasteiger partial charge on any atom is 0.264 e. The van der Waals surface area contributed by atoms with E-state index in [0.717, 1.165) is 9.87 Å². The number of anilines is 2. The van der Waals surface area contributed by atoms with Crippen molar-refractivity contribution in [1.82, 2.24) is 5.32 Å². The summed E-state index contributed by atoms with van der Waals surface area (Å²) in [6.45, 7) is 5.83. The van der Waals surface area contributed by atoms with Crippen LogP contribution in [0.3, 0.4) is 0 Å². The molecule has 0 radical (unpaired) electrons. The Bertz CT molecular complexity index is 1380. The molecule has 0 aromatic heterocycles. The second-order valence-electron chi connectivity index (χ2n) is 8.84. The van der Waals surface area contributed by atoms with E-state index in [1.165, 1.54) is 25.3 Å². The van der Waals surface area contributed by atoms with E-state index in [0.29, 0.717) is 33.7 Å². The third-order valence-electron chi connectivity index (χ3n) is 5.44. The van der Waals surface area contributed by atoms with Crippen LogP contribution in [0.15, 0.2) is 76.1 Å². The van der Waals surface area contributed by atoms with Gasteiger partial charge in [0.1, 0.15) is 12.3 Å². The van der Waals surface area contributed by atoms with Gasteiger partial charge in [-0.15, -0.1) is 0 Å². The quantitative estimate of drug-likeness (QED) is 0.348. The van der Waals surface area contributed by atoms with E-state index >= 15 is 0 Å². The number of hydrogen-bond acceptors (Lipinski definition) is 5. The molecule has 2 amide bonds. The minimum atomic E-state index is -4.14. The molecule has 0 atom stereocenters. The van der Waals surface area contributed by atoms with Crippen molar-refractivity contribution in [3.8, 4) is 5.75 Å². The van der Waals surface area contributed by atoms with Crippen LogP contribution in [0.5, 0.6) is 5.75 Å². The largest absolute Gasteiger partial charge is 0.496 e. The monoisotopic (exact) mass is 587 g/mol. The lowest BCUT2D eigenvalue weighted by Crippen LogP contribution is -2.38. The molecule has 0 aliphatic rings. The van der Waals surface area contributed by atoms with Crippen LogP contribution in [0.2, 0.25) is 0 Å². The summed E-state index contributed by atoms with van der Waals surface area (Å²) >= 11 is 3.33. The predicted octanol–water partition coefficient (Wildman–Crippen LogP) is 4.99. The highest BCUT2D eigenvalue weighted by molar-refractivity contribution is 9.10. The van der Waals surface area contributed by atoms with E-state index in [1.54, 1.807) is 48.5 Å². The highest BCUT2D eigenvalue weighted by Crippen LogP contribution is 2.31. The third kappa shape index (κ3) is 7.11. The van der Waals surface area contributed by atoms with Crippen LogP contribution < -0.4 is 19.7 Å². The van der Waals surface area contributed by atoms with Gasteiger partial charge in [-0.3, -0.25) is 13.9 Å². The lowest BCUT2D eigenvalue weighted by molar-refractivity contribution is -0.114. The summed E-state index contributed by atoms with van der Waals surface area (Å²) in [6.07, 6.45) is 0. The first kappa shape index (κ1) is 28.2. The third-order valence-corrected chi connectivity index (χ3v) is 7.83. The molecule has 0 aliphatic heterocycles. The van der Waals surface area contributed by atoms with Crippen molar-refractivity contribution < 1.29 is 22.7 Å². The first-order valence-electron chi connectivity index (χ1n) is 11.6. The Kier molecular flexibility index (Phi) is 9.34. The normalized spacial score (nSPS) is 11.2. The summed E-state index contributed by atoms with van der Waals surface area (Å²) < 4.78 is 34.1. The number of sulfonamides is 1. The number of hydrogen-bond donors (Lipinski definition) is 2. The van der Waals surface area contributed by atoms with Gasteiger partial charge in [0.15, 0.2) is 0 Å². The zero-order valence-corrected chi connectivity index (χ0v) is 23.5. The summed E-state index contributed by atoms with van der Waals surface area (Å²) in [7, 11) is -2.65. The number of rotatable bonds is 10. The first-order chi connectivity index (χ1) is 17.5. The van der Waals surface area contributed by atoms with Gasteiger partial charge in [0.2, 0.25) is 5.91 Å². The summed E-state index contributed by atoms with van der Waals surface area (Å²) in [4.78, 5) is 25.8. The molecule has 0 heterocycles. The molecule has 196 valence electrons. The van der Waals surface area contributed by atoms with E-state index in [1.807, 2.05) is 20.8 Å². The van der Waals surface area contributed by atoms with E-state index in [-0.39, 0.29) is 16.7 Å². The molecular formula is C27H30BrN3O5S. The second-order valence-corrected chi connectivity index (χ2v) is 11.6. The van der Waals surface area contributed by atoms with Gasteiger partial charge in [-0.25, -0.2) is 8.42 Å². The predicted molar refractivity (Wildman–Crippen MR) is 149 cm³/mol. The summed E-state index contributed by atoms with van der Waals surface area (Å²) in [5.41, 5.74) is 1.86. The molecule has 0 bridgehead atoms. The van der Waals surface area contributed by atoms with Gasteiger partial charge in [-0.05, 0) is 71.2 Å². The van der Waals surface area contributed by atoms with Crippen molar-refractivity contribution >= 4 is 49.1 Å². The number of ether oxygens (including phenoxy) is 1. The molecule has 2 N–H and O–H groups in total. The zero-order chi connectivity index (χ0) is 27.2. The number of carbonyl (C=O) groups is 2. The fourth-order valence-electron chi connectivity index (χ4n) is 3.46. The number of aryl methyl sites for hydroxylation is 1. The van der Waals surface area contributed by atoms with Gasteiger partial charge < -0.3 is 15.4 Å². The maximum atomic E-state index is 13.7. The number of methoxy groups -OCH3 is 1. The van der Waals surface area contributed by atoms with Gasteiger partial charge >= 0.3 is 0 Å². The van der Waals surface area contributed by atoms with Crippen LogP contribution in [0.1, 0.15) is 29.8 Å². The molecule has 3 rings (SSSR count). The van der Waals surface area contributed by atoms with Crippen molar-refractivity contribution in [2.24, 2.45) is 5.92 Å². The number of carbonyl (C=O) groups excluding carboxylic acids is 2. The summed E-state index contributed by atoms with van der Waals surface area (Å²) in [6, 6.07) is 17.8. The minimum absolute atomic E-state index is 0.0120. The van der Waals surface area contributed by atoms with Crippen molar-refractivity contribution in [3.05, 3.63) is 82.3 Å². The van der Waals surface area contributed by atoms with Gasteiger partial charge in [-0.2, -0.15) is 0 Å². The molecule has 37 heavy (non-hydrogen) atoms. The molecule has 8 nitrogen and oxygen atoms in total. The van der Waals surface area contributed by atoms with E-state index in [9.17, 15) is 18.0 Å². The average Bonchev–Trinajstić information content (AvgIpc) is 2.86. The number of para-hydroxylation sites is 1. The summed E-state index contributed by atoms with van der Waals surface area (Å²) in [5.74, 6) is -0.181. The van der Waals surface area contributed by atoms with Gasteiger partial charge in [0, 0.05) is 6.54 Å². The minimum Gasteiger partial charge on any atom is -0.496 e. The molecule has 0 saturated heterocycles. The number of benzene rings is 3. The maximum absolute atomic E-state index is 13.7. The smallest absolute Gasteiger partial charge is 0.264 e. The number of amides is 2. The Balaban J connectivity index is 1.92. The molecule has 0 saturated carbocycles. The summed E-state index contributed by atoms with van der Waals surface area (Å²) in [5, 5.41) is 5.54. The second kappa shape index (κ2) is 12.2. The number of nitrogens with zero attached hydrogens (tertiary/aromatic N) is 1. The van der Waals surface area contributed by atoms with Gasteiger partial charge in [-0.1, -0.05) is 43.7 Å². The molecular weight excluding hydrogens is 558 g/mol. The lowest BCUT2D eigenvalue weighted by atomic mass is 10.1. The number of halogens is 1. The van der Waals surface area contributed by atoms with Gasteiger partial charge in [0.05, 0.1) is 33.4 Å². The highest BCUT2D eigenvalue weighted by Gasteiger charge is 2.28. The van der Waals surface area contributed by atoms with Crippen LogP contribution in [-0.2, 0) is 14.8 Å². The zero-order valence-electron chi connectivity index (χ0n) is 21.1. The molecule has 3 aromatic rings. The van der Waals surface area contributed by atoms with Crippen molar-refractivity contribution in [3.63, 3.8) is 0 Å². The molecule has 0 fully saturated rings. The van der Waals surface area contributed by atoms with Crippen LogP contribution >= 0.6 is 15.9 Å². The molecule has 3 aromatic carbocycles. The SMILES string of the molecule is COc1ccc(S(=O)(=O)N(CC(=O)Nc2ccccc2C(=O)NCC(C)C)c2ccc(C)cc2)cc1Br. The van der Waals surface area contributed by atoms with Crippen molar-refractivity contribution in [1.29, 1.82) is 0 Å². The van der Waals surface area contributed by atoms with E-state index in [4.69, 9.17) is 4.74 Å². The van der Waals surface area contributed by atoms with Crippen LogP contribution in [-0.4, -0.2) is 40.4 Å². The Hall–Kier alpha value is -3.37. The van der Waals surface area contributed by atoms with Gasteiger partial charge in [0.25, 0.3) is 15.9 Å². The fraction of sp³-hybridized carbons (Fsp3) is 0.259.